The van der Waals surface area contributed by atoms with Crippen molar-refractivity contribution < 1.29 is 9.21 Å². The first-order chi connectivity index (χ1) is 16.3. The van der Waals surface area contributed by atoms with Gasteiger partial charge in [-0.2, -0.15) is 5.10 Å². The summed E-state index contributed by atoms with van der Waals surface area (Å²) in [4.78, 5) is 20.5. The van der Waals surface area contributed by atoms with Crippen molar-refractivity contribution in [3.8, 4) is 11.5 Å². The van der Waals surface area contributed by atoms with Crippen molar-refractivity contribution in [1.29, 1.82) is 0 Å². The summed E-state index contributed by atoms with van der Waals surface area (Å²) < 4.78 is 7.77. The van der Waals surface area contributed by atoms with Gasteiger partial charge in [0.1, 0.15) is 0 Å². The summed E-state index contributed by atoms with van der Waals surface area (Å²) >= 11 is 6.28. The van der Waals surface area contributed by atoms with Gasteiger partial charge >= 0.3 is 0 Å². The molecule has 0 aliphatic heterocycles. The van der Waals surface area contributed by atoms with Crippen molar-refractivity contribution in [2.24, 2.45) is 0 Å². The molecule has 0 saturated heterocycles. The minimum absolute atomic E-state index is 0.0717. The molecular weight excluding hydrogens is 452 g/mol. The Kier molecular flexibility index (Phi) is 5.85. The van der Waals surface area contributed by atoms with Crippen LogP contribution in [0.1, 0.15) is 74.4 Å². The maximum absolute atomic E-state index is 13.9. The lowest BCUT2D eigenvalue weighted by molar-refractivity contribution is 0.0716. The van der Waals surface area contributed by atoms with Crippen LogP contribution >= 0.6 is 11.6 Å². The quantitative estimate of drug-likeness (QED) is 0.341. The zero-order valence-corrected chi connectivity index (χ0v) is 20.5. The standard InChI is InChI=1S/C25H27ClN6O2/c1-14(2)21-11-18(19-12-27-32(15(3)4)23(19)28-21)25(33)31(16-9-10-16)13-22-29-30-24(34-22)17-7-5-6-8-20(17)26/h5-8,11-12,14-16H,9-10,13H2,1-4H3. The molecule has 0 bridgehead atoms. The third-order valence-corrected chi connectivity index (χ3v) is 6.35. The second-order valence-corrected chi connectivity index (χ2v) is 9.72. The van der Waals surface area contributed by atoms with Crippen LogP contribution in [-0.4, -0.2) is 41.8 Å². The van der Waals surface area contributed by atoms with Crippen molar-refractivity contribution >= 4 is 28.5 Å². The molecule has 0 N–H and O–H groups in total. The summed E-state index contributed by atoms with van der Waals surface area (Å²) in [5.41, 5.74) is 2.89. The molecule has 0 spiro atoms. The molecule has 8 nitrogen and oxygen atoms in total. The van der Waals surface area contributed by atoms with E-state index in [0.29, 0.717) is 27.9 Å². The zero-order chi connectivity index (χ0) is 24.0. The van der Waals surface area contributed by atoms with E-state index in [1.165, 1.54) is 0 Å². The summed E-state index contributed by atoms with van der Waals surface area (Å²) in [6.07, 6.45) is 3.65. The molecule has 1 fully saturated rings. The highest BCUT2D eigenvalue weighted by atomic mass is 35.5. The Bertz CT molecular complexity index is 1350. The van der Waals surface area contributed by atoms with E-state index >= 15 is 0 Å². The number of amides is 1. The van der Waals surface area contributed by atoms with E-state index in [4.69, 9.17) is 21.0 Å². The molecule has 34 heavy (non-hydrogen) atoms. The Morgan fingerprint density at radius 3 is 2.65 bits per heavy atom. The Labute approximate surface area is 202 Å². The van der Waals surface area contributed by atoms with Crippen LogP contribution in [0.3, 0.4) is 0 Å². The fraction of sp³-hybridized carbons (Fsp3) is 0.400. The predicted molar refractivity (Wildman–Crippen MR) is 130 cm³/mol. The van der Waals surface area contributed by atoms with Gasteiger partial charge in [-0.15, -0.1) is 10.2 Å². The molecule has 1 aliphatic carbocycles. The van der Waals surface area contributed by atoms with Crippen LogP contribution in [0.4, 0.5) is 0 Å². The summed E-state index contributed by atoms with van der Waals surface area (Å²) in [6.45, 7) is 8.50. The molecule has 1 saturated carbocycles. The van der Waals surface area contributed by atoms with Crippen molar-refractivity contribution in [3.63, 3.8) is 0 Å². The number of hydrogen-bond acceptors (Lipinski definition) is 6. The highest BCUT2D eigenvalue weighted by molar-refractivity contribution is 6.33. The molecule has 5 rings (SSSR count). The smallest absolute Gasteiger partial charge is 0.255 e. The fourth-order valence-electron chi connectivity index (χ4n) is 4.00. The maximum atomic E-state index is 13.9. The Hall–Kier alpha value is -3.26. The molecule has 176 valence electrons. The lowest BCUT2D eigenvalue weighted by Crippen LogP contribution is -2.33. The number of fused-ring (bicyclic) bond motifs is 1. The normalized spacial score (nSPS) is 13.9. The van der Waals surface area contributed by atoms with Crippen LogP contribution in [-0.2, 0) is 6.54 Å². The van der Waals surface area contributed by atoms with Crippen LogP contribution in [0.2, 0.25) is 5.02 Å². The molecule has 0 radical (unpaired) electrons. The van der Waals surface area contributed by atoms with Gasteiger partial charge in [-0.3, -0.25) is 4.79 Å². The average Bonchev–Trinajstić information content (AvgIpc) is 3.38. The molecule has 1 aromatic carbocycles. The third-order valence-electron chi connectivity index (χ3n) is 6.02. The van der Waals surface area contributed by atoms with Gasteiger partial charge < -0.3 is 9.32 Å². The number of aromatic nitrogens is 5. The van der Waals surface area contributed by atoms with E-state index in [2.05, 4.69) is 43.0 Å². The van der Waals surface area contributed by atoms with Crippen LogP contribution < -0.4 is 0 Å². The molecule has 1 aliphatic rings. The van der Waals surface area contributed by atoms with Gasteiger partial charge in [0.2, 0.25) is 11.8 Å². The number of pyridine rings is 1. The number of carbonyl (C=O) groups is 1. The highest BCUT2D eigenvalue weighted by Gasteiger charge is 2.35. The van der Waals surface area contributed by atoms with Crippen molar-refractivity contribution in [2.75, 3.05) is 0 Å². The molecule has 3 heterocycles. The monoisotopic (exact) mass is 478 g/mol. The van der Waals surface area contributed by atoms with Gasteiger partial charge in [0, 0.05) is 17.8 Å². The maximum Gasteiger partial charge on any atom is 0.255 e. The number of halogens is 1. The Balaban J connectivity index is 1.50. The van der Waals surface area contributed by atoms with Crippen LogP contribution in [0.15, 0.2) is 40.9 Å². The number of benzene rings is 1. The number of hydrogen-bond donors (Lipinski definition) is 0. The van der Waals surface area contributed by atoms with Gasteiger partial charge in [-0.1, -0.05) is 37.6 Å². The molecule has 3 aromatic heterocycles. The first-order valence-electron chi connectivity index (χ1n) is 11.6. The van der Waals surface area contributed by atoms with Gasteiger partial charge in [-0.05, 0) is 50.8 Å². The van der Waals surface area contributed by atoms with E-state index in [1.54, 1.807) is 12.3 Å². The Morgan fingerprint density at radius 1 is 1.21 bits per heavy atom. The lowest BCUT2D eigenvalue weighted by Gasteiger charge is -2.22. The van der Waals surface area contributed by atoms with Crippen molar-refractivity contribution in [3.05, 3.63) is 58.7 Å². The lowest BCUT2D eigenvalue weighted by atomic mass is 10.0. The molecular formula is C25H27ClN6O2. The van der Waals surface area contributed by atoms with Gasteiger partial charge in [0.15, 0.2) is 5.65 Å². The summed E-state index contributed by atoms with van der Waals surface area (Å²) in [6, 6.07) is 9.50. The minimum atomic E-state index is -0.0717. The summed E-state index contributed by atoms with van der Waals surface area (Å²) in [5.74, 6) is 0.824. The SMILES string of the molecule is CC(C)c1cc(C(=O)N(Cc2nnc(-c3ccccc3Cl)o2)C2CC2)c2cnn(C(C)C)c2n1. The van der Waals surface area contributed by atoms with Gasteiger partial charge in [-0.25, -0.2) is 9.67 Å². The first kappa shape index (κ1) is 22.5. The van der Waals surface area contributed by atoms with Crippen molar-refractivity contribution in [2.45, 2.75) is 65.1 Å². The van der Waals surface area contributed by atoms with Crippen LogP contribution in [0.5, 0.6) is 0 Å². The summed E-state index contributed by atoms with van der Waals surface area (Å²) in [7, 11) is 0. The Morgan fingerprint density at radius 2 is 1.97 bits per heavy atom. The van der Waals surface area contributed by atoms with Gasteiger partial charge in [0.25, 0.3) is 5.91 Å². The van der Waals surface area contributed by atoms with E-state index in [0.717, 1.165) is 29.6 Å². The van der Waals surface area contributed by atoms with Crippen LogP contribution in [0, 0.1) is 0 Å². The molecule has 9 heteroatoms. The second-order valence-electron chi connectivity index (χ2n) is 9.31. The third kappa shape index (κ3) is 4.18. The highest BCUT2D eigenvalue weighted by Crippen LogP contribution is 2.33. The second kappa shape index (κ2) is 8.83. The molecule has 1 amide bonds. The van der Waals surface area contributed by atoms with Crippen molar-refractivity contribution in [1.82, 2.24) is 29.9 Å². The number of nitrogens with zero attached hydrogens (tertiary/aromatic N) is 6. The number of carbonyl (C=O) groups excluding carboxylic acids is 1. The van der Waals surface area contributed by atoms with E-state index < -0.39 is 0 Å². The number of rotatable bonds is 7. The predicted octanol–water partition coefficient (Wildman–Crippen LogP) is 5.64. The largest absolute Gasteiger partial charge is 0.419 e. The fourth-order valence-corrected chi connectivity index (χ4v) is 4.22. The average molecular weight is 479 g/mol. The first-order valence-corrected chi connectivity index (χ1v) is 12.0. The van der Waals surface area contributed by atoms with Gasteiger partial charge in [0.05, 0.1) is 34.3 Å². The van der Waals surface area contributed by atoms with E-state index in [9.17, 15) is 4.79 Å². The topological polar surface area (TPSA) is 89.9 Å². The zero-order valence-electron chi connectivity index (χ0n) is 19.7. The van der Waals surface area contributed by atoms with Crippen LogP contribution in [0.25, 0.3) is 22.5 Å². The molecule has 0 unspecified atom stereocenters. The molecule has 0 atom stereocenters. The van der Waals surface area contributed by atoms with E-state index in [1.807, 2.05) is 33.8 Å². The molecule has 4 aromatic rings. The van der Waals surface area contributed by atoms with E-state index in [-0.39, 0.29) is 30.5 Å². The summed E-state index contributed by atoms with van der Waals surface area (Å²) in [5, 5.41) is 14.2. The minimum Gasteiger partial charge on any atom is -0.419 e.